The summed E-state index contributed by atoms with van der Waals surface area (Å²) in [6.45, 7) is -0.265. The molecule has 25 heavy (non-hydrogen) atoms. The second-order valence-corrected chi connectivity index (χ2v) is 5.31. The molecule has 0 aliphatic carbocycles. The van der Waals surface area contributed by atoms with Crippen LogP contribution in [0.15, 0.2) is 60.7 Å². The minimum atomic E-state index is -0.410. The molecule has 0 aromatic heterocycles. The molecule has 0 spiro atoms. The normalized spacial score (nSPS) is 10.0. The van der Waals surface area contributed by atoms with Gasteiger partial charge in [-0.25, -0.2) is 0 Å². The Kier molecular flexibility index (Phi) is 4.72. The molecule has 5 nitrogen and oxygen atoms in total. The van der Waals surface area contributed by atoms with E-state index in [1.807, 2.05) is 36.4 Å². The van der Waals surface area contributed by atoms with Crippen LogP contribution in [0.4, 0.5) is 5.69 Å². The lowest BCUT2D eigenvalue weighted by Crippen LogP contribution is -2.21. The number of carbonyl (C=O) groups excluding carboxylic acids is 2. The van der Waals surface area contributed by atoms with Gasteiger partial charge in [-0.2, -0.15) is 5.26 Å². The van der Waals surface area contributed by atoms with Crippen molar-refractivity contribution < 1.29 is 14.3 Å². The number of nitriles is 1. The Morgan fingerprint density at radius 2 is 1.84 bits per heavy atom. The number of hydrogen-bond donors (Lipinski definition) is 1. The maximum Gasteiger partial charge on any atom is 0.262 e. The summed E-state index contributed by atoms with van der Waals surface area (Å²) < 4.78 is 5.52. The van der Waals surface area contributed by atoms with Gasteiger partial charge >= 0.3 is 0 Å². The molecule has 3 aromatic rings. The predicted octanol–water partition coefficient (Wildman–Crippen LogP) is 3.54. The van der Waals surface area contributed by atoms with Crippen molar-refractivity contribution >= 4 is 28.7 Å². The molecule has 0 radical (unpaired) electrons. The molecular formula is C20H14N2O3. The number of fused-ring (bicyclic) bond motifs is 1. The first-order valence-electron chi connectivity index (χ1n) is 7.61. The molecule has 0 unspecified atom stereocenters. The zero-order valence-corrected chi connectivity index (χ0v) is 13.2. The van der Waals surface area contributed by atoms with Crippen LogP contribution in [0.2, 0.25) is 0 Å². The van der Waals surface area contributed by atoms with Crippen LogP contribution >= 0.6 is 0 Å². The monoisotopic (exact) mass is 330 g/mol. The van der Waals surface area contributed by atoms with Crippen LogP contribution in [-0.2, 0) is 4.79 Å². The summed E-state index contributed by atoms with van der Waals surface area (Å²) in [6, 6.07) is 19.7. The van der Waals surface area contributed by atoms with E-state index in [9.17, 15) is 9.59 Å². The SMILES string of the molecule is N#Cc1ccccc1NC(=O)COc1ccc2ccccc2c1C=O. The van der Waals surface area contributed by atoms with Gasteiger partial charge in [-0.15, -0.1) is 0 Å². The van der Waals surface area contributed by atoms with Gasteiger partial charge in [-0.3, -0.25) is 9.59 Å². The lowest BCUT2D eigenvalue weighted by atomic mass is 10.0. The van der Waals surface area contributed by atoms with Crippen LogP contribution in [0.5, 0.6) is 5.75 Å². The van der Waals surface area contributed by atoms with Gasteiger partial charge in [0.1, 0.15) is 11.8 Å². The molecule has 3 aromatic carbocycles. The van der Waals surface area contributed by atoms with Crippen molar-refractivity contribution in [2.75, 3.05) is 11.9 Å². The molecule has 122 valence electrons. The fourth-order valence-electron chi connectivity index (χ4n) is 2.54. The largest absolute Gasteiger partial charge is 0.483 e. The predicted molar refractivity (Wildman–Crippen MR) is 94.6 cm³/mol. The number of rotatable bonds is 5. The van der Waals surface area contributed by atoms with Gasteiger partial charge in [0.05, 0.1) is 16.8 Å². The third-order valence-corrected chi connectivity index (χ3v) is 3.73. The van der Waals surface area contributed by atoms with E-state index in [4.69, 9.17) is 10.00 Å². The Hall–Kier alpha value is -3.65. The Labute approximate surface area is 144 Å². The zero-order valence-electron chi connectivity index (χ0n) is 13.2. The Balaban J connectivity index is 1.75. The molecule has 0 aliphatic rings. The van der Waals surface area contributed by atoms with Crippen molar-refractivity contribution in [3.05, 3.63) is 71.8 Å². The van der Waals surface area contributed by atoms with Gasteiger partial charge in [-0.05, 0) is 29.0 Å². The molecule has 0 fully saturated rings. The topological polar surface area (TPSA) is 79.2 Å². The van der Waals surface area contributed by atoms with Crippen molar-refractivity contribution in [1.29, 1.82) is 5.26 Å². The van der Waals surface area contributed by atoms with E-state index in [0.29, 0.717) is 22.6 Å². The van der Waals surface area contributed by atoms with Gasteiger partial charge in [0.2, 0.25) is 0 Å². The summed E-state index contributed by atoms with van der Waals surface area (Å²) >= 11 is 0. The van der Waals surface area contributed by atoms with Gasteiger partial charge < -0.3 is 10.1 Å². The first-order chi connectivity index (χ1) is 12.2. The van der Waals surface area contributed by atoms with E-state index in [1.54, 1.807) is 30.3 Å². The smallest absolute Gasteiger partial charge is 0.262 e. The van der Waals surface area contributed by atoms with E-state index in [-0.39, 0.29) is 6.61 Å². The molecule has 0 saturated carbocycles. The minimum absolute atomic E-state index is 0.265. The van der Waals surface area contributed by atoms with Gasteiger partial charge in [0.15, 0.2) is 12.9 Å². The molecular weight excluding hydrogens is 316 g/mol. The third kappa shape index (κ3) is 3.48. The number of nitrogens with one attached hydrogen (secondary N) is 1. The summed E-state index contributed by atoms with van der Waals surface area (Å²) in [7, 11) is 0. The van der Waals surface area contributed by atoms with Gasteiger partial charge in [0.25, 0.3) is 5.91 Å². The molecule has 3 rings (SSSR count). The summed E-state index contributed by atoms with van der Waals surface area (Å²) in [5.74, 6) is -0.0647. The maximum atomic E-state index is 12.1. The van der Waals surface area contributed by atoms with Crippen LogP contribution < -0.4 is 10.1 Å². The first-order valence-corrected chi connectivity index (χ1v) is 7.61. The number of nitrogens with zero attached hydrogens (tertiary/aromatic N) is 1. The number of para-hydroxylation sites is 1. The average Bonchev–Trinajstić information content (AvgIpc) is 2.66. The van der Waals surface area contributed by atoms with Crippen LogP contribution in [0.1, 0.15) is 15.9 Å². The van der Waals surface area contributed by atoms with Crippen molar-refractivity contribution in [1.82, 2.24) is 0 Å². The van der Waals surface area contributed by atoms with Crippen molar-refractivity contribution in [3.63, 3.8) is 0 Å². The van der Waals surface area contributed by atoms with Crippen molar-refractivity contribution in [3.8, 4) is 11.8 Å². The van der Waals surface area contributed by atoms with E-state index in [1.165, 1.54) is 0 Å². The van der Waals surface area contributed by atoms with E-state index in [2.05, 4.69) is 5.32 Å². The molecule has 0 aliphatic heterocycles. The molecule has 1 N–H and O–H groups in total. The lowest BCUT2D eigenvalue weighted by Gasteiger charge is -2.11. The van der Waals surface area contributed by atoms with Crippen LogP contribution in [0, 0.1) is 11.3 Å². The standard InChI is InChI=1S/C20H14N2O3/c21-11-15-6-2-4-8-18(15)22-20(24)13-25-19-10-9-14-5-1-3-7-16(14)17(19)12-23/h1-10,12H,13H2,(H,22,24). The van der Waals surface area contributed by atoms with E-state index in [0.717, 1.165) is 17.1 Å². The number of aldehydes is 1. The maximum absolute atomic E-state index is 12.1. The molecule has 0 heterocycles. The number of benzene rings is 3. The molecule has 5 heteroatoms. The average molecular weight is 330 g/mol. The lowest BCUT2D eigenvalue weighted by molar-refractivity contribution is -0.118. The van der Waals surface area contributed by atoms with Crippen molar-refractivity contribution in [2.24, 2.45) is 0 Å². The first kappa shape index (κ1) is 16.2. The van der Waals surface area contributed by atoms with Gasteiger partial charge in [-0.1, -0.05) is 42.5 Å². The highest BCUT2D eigenvalue weighted by molar-refractivity contribution is 6.01. The van der Waals surface area contributed by atoms with E-state index >= 15 is 0 Å². The molecule has 0 atom stereocenters. The third-order valence-electron chi connectivity index (χ3n) is 3.73. The quantitative estimate of drug-likeness (QED) is 0.726. The highest BCUT2D eigenvalue weighted by Gasteiger charge is 2.11. The molecule has 1 amide bonds. The summed E-state index contributed by atoms with van der Waals surface area (Å²) in [6.07, 6.45) is 0.723. The fourth-order valence-corrected chi connectivity index (χ4v) is 2.54. The van der Waals surface area contributed by atoms with Crippen LogP contribution in [-0.4, -0.2) is 18.8 Å². The Bertz CT molecular complexity index is 990. The fraction of sp³-hybridized carbons (Fsp3) is 0.0500. The van der Waals surface area contributed by atoms with Crippen molar-refractivity contribution in [2.45, 2.75) is 0 Å². The van der Waals surface area contributed by atoms with Crippen LogP contribution in [0.3, 0.4) is 0 Å². The molecule has 0 saturated heterocycles. The number of amides is 1. The molecule has 0 bridgehead atoms. The van der Waals surface area contributed by atoms with Gasteiger partial charge in [0, 0.05) is 0 Å². The van der Waals surface area contributed by atoms with E-state index < -0.39 is 5.91 Å². The Morgan fingerprint density at radius 3 is 2.64 bits per heavy atom. The number of carbonyl (C=O) groups is 2. The number of anilines is 1. The Morgan fingerprint density at radius 1 is 1.08 bits per heavy atom. The highest BCUT2D eigenvalue weighted by Crippen LogP contribution is 2.26. The summed E-state index contributed by atoms with van der Waals surface area (Å²) in [5, 5.41) is 13.4. The summed E-state index contributed by atoms with van der Waals surface area (Å²) in [4.78, 5) is 23.5. The number of ether oxygens (including phenoxy) is 1. The summed E-state index contributed by atoms with van der Waals surface area (Å²) in [5.41, 5.74) is 1.20. The zero-order chi connectivity index (χ0) is 17.6. The van der Waals surface area contributed by atoms with Crippen LogP contribution in [0.25, 0.3) is 10.8 Å². The second kappa shape index (κ2) is 7.28. The highest BCUT2D eigenvalue weighted by atomic mass is 16.5. The second-order valence-electron chi connectivity index (χ2n) is 5.31. The number of hydrogen-bond acceptors (Lipinski definition) is 4. The minimum Gasteiger partial charge on any atom is -0.483 e.